The van der Waals surface area contributed by atoms with E-state index in [9.17, 15) is 0 Å². The van der Waals surface area contributed by atoms with Crippen LogP contribution in [0.1, 0.15) is 42.0 Å². The van der Waals surface area contributed by atoms with E-state index in [0.717, 1.165) is 99.9 Å². The van der Waals surface area contributed by atoms with Gasteiger partial charge in [-0.25, -0.2) is 4.99 Å². The van der Waals surface area contributed by atoms with Crippen molar-refractivity contribution in [2.24, 2.45) is 4.99 Å². The summed E-state index contributed by atoms with van der Waals surface area (Å²) < 4.78 is 14.5. The maximum absolute atomic E-state index is 7.32. The Kier molecular flexibility index (Phi) is 10.1. The molecule has 67 heavy (non-hydrogen) atoms. The summed E-state index contributed by atoms with van der Waals surface area (Å²) >= 11 is 0. The molecule has 0 saturated heterocycles. The Labute approximate surface area is 392 Å². The quantitative estimate of drug-likeness (QED) is 0.0823. The van der Waals surface area contributed by atoms with Crippen molar-refractivity contribution in [2.75, 3.05) is 0 Å². The lowest BCUT2D eigenvalue weighted by molar-refractivity contribution is 0.669. The Morgan fingerprint density at radius 3 is 1.88 bits per heavy atom. The first-order chi connectivity index (χ1) is 32.9. The number of benzene rings is 10. The lowest BCUT2D eigenvalue weighted by atomic mass is 9.84. The molecule has 2 heterocycles. The van der Waals surface area contributed by atoms with Gasteiger partial charge < -0.3 is 8.83 Å². The van der Waals surface area contributed by atoms with Crippen LogP contribution in [-0.4, -0.2) is 14.5 Å². The first-order valence-corrected chi connectivity index (χ1v) is 26.7. The van der Waals surface area contributed by atoms with Gasteiger partial charge in [0.25, 0.3) is 0 Å². The summed E-state index contributed by atoms with van der Waals surface area (Å²) in [5.41, 5.74) is 17.0. The maximum Gasteiger partial charge on any atom is 0.144 e. The van der Waals surface area contributed by atoms with Gasteiger partial charge in [-0.05, 0) is 116 Å². The molecule has 0 saturated carbocycles. The molecule has 3 nitrogen and oxygen atoms in total. The Hall–Kier alpha value is -7.79. The third-order valence-electron chi connectivity index (χ3n) is 13.4. The Morgan fingerprint density at radius 1 is 0.448 bits per heavy atom. The zero-order chi connectivity index (χ0) is 45.2. The van der Waals surface area contributed by atoms with Crippen LogP contribution in [0.5, 0.6) is 0 Å². The fraction of sp³-hybridized carbons (Fsp3) is 0.0952. The SMILES string of the molecule is CC(C)c1cc2c(-c3cccc(C[SiH](C)C)c3)cc3oc4cc(C(=Nc5ccccc5)c5ccccc5)ccc4c3c2c2c1cc(-c1ccccc1)c1c3cc(-c4ccccc4)ccc3oc12. The van der Waals surface area contributed by atoms with Crippen molar-refractivity contribution < 1.29 is 8.83 Å². The van der Waals surface area contributed by atoms with E-state index < -0.39 is 8.80 Å². The van der Waals surface area contributed by atoms with Gasteiger partial charge >= 0.3 is 0 Å². The molecule has 4 heteroatoms. The van der Waals surface area contributed by atoms with Crippen molar-refractivity contribution >= 4 is 85.6 Å². The van der Waals surface area contributed by atoms with Gasteiger partial charge in [-0.1, -0.05) is 178 Å². The summed E-state index contributed by atoms with van der Waals surface area (Å²) in [5.74, 6) is 0.229. The molecule has 0 aliphatic rings. The predicted molar refractivity (Wildman–Crippen MR) is 287 cm³/mol. The van der Waals surface area contributed by atoms with Crippen molar-refractivity contribution in [3.63, 3.8) is 0 Å². The molecule has 0 aliphatic carbocycles. The Bertz CT molecular complexity index is 3870. The van der Waals surface area contributed by atoms with Crippen LogP contribution >= 0.6 is 0 Å². The van der Waals surface area contributed by atoms with Gasteiger partial charge in [0, 0.05) is 52.2 Å². The zero-order valence-electron chi connectivity index (χ0n) is 38.2. The highest BCUT2D eigenvalue weighted by Gasteiger charge is 2.26. The van der Waals surface area contributed by atoms with E-state index in [2.05, 4.69) is 203 Å². The zero-order valence-corrected chi connectivity index (χ0v) is 39.3. The molecule has 0 fully saturated rings. The average molecular weight is 880 g/mol. The highest BCUT2D eigenvalue weighted by Crippen LogP contribution is 2.51. The first kappa shape index (κ1) is 40.7. The molecule has 10 aromatic carbocycles. The van der Waals surface area contributed by atoms with Crippen molar-refractivity contribution in [1.29, 1.82) is 0 Å². The van der Waals surface area contributed by atoms with Gasteiger partial charge in [0.1, 0.15) is 22.3 Å². The molecule has 322 valence electrons. The summed E-state index contributed by atoms with van der Waals surface area (Å²) in [6, 6.07) is 73.0. The normalized spacial score (nSPS) is 12.3. The summed E-state index contributed by atoms with van der Waals surface area (Å²) in [5, 5.41) is 9.03. The molecule has 0 amide bonds. The number of hydrogen-bond acceptors (Lipinski definition) is 3. The van der Waals surface area contributed by atoms with Crippen LogP contribution in [0, 0.1) is 0 Å². The van der Waals surface area contributed by atoms with E-state index >= 15 is 0 Å². The minimum Gasteiger partial charge on any atom is -0.456 e. The van der Waals surface area contributed by atoms with Crippen molar-refractivity contribution in [3.05, 3.63) is 222 Å². The number of fused-ring (bicyclic) bond motifs is 11. The minimum atomic E-state index is -0.875. The van der Waals surface area contributed by atoms with E-state index in [-0.39, 0.29) is 5.92 Å². The van der Waals surface area contributed by atoms with Crippen LogP contribution in [0.2, 0.25) is 13.1 Å². The molecule has 0 atom stereocenters. The average Bonchev–Trinajstić information content (AvgIpc) is 3.94. The van der Waals surface area contributed by atoms with Crippen LogP contribution in [0.25, 0.3) is 98.8 Å². The number of aliphatic imine (C=N–C) groups is 1. The van der Waals surface area contributed by atoms with Crippen LogP contribution in [0.15, 0.2) is 214 Å². The first-order valence-electron chi connectivity index (χ1n) is 23.5. The second-order valence-electron chi connectivity index (χ2n) is 18.7. The summed E-state index contributed by atoms with van der Waals surface area (Å²) in [6.07, 6.45) is 0. The summed E-state index contributed by atoms with van der Waals surface area (Å²) in [7, 11) is -0.875. The lowest BCUT2D eigenvalue weighted by Gasteiger charge is -2.19. The number of nitrogens with zero attached hydrogens (tertiary/aromatic N) is 1. The van der Waals surface area contributed by atoms with Crippen molar-refractivity contribution in [3.8, 4) is 33.4 Å². The van der Waals surface area contributed by atoms with Crippen LogP contribution in [0.3, 0.4) is 0 Å². The molecule has 2 aromatic heterocycles. The smallest absolute Gasteiger partial charge is 0.144 e. The fourth-order valence-electron chi connectivity index (χ4n) is 10.4. The standard InChI is InChI=1S/C63H49NO2Si/c1-39(2)49-35-53-50(45-25-17-18-40(32-45)38-67(3)4)37-57-59(48-30-28-46(34-56(48)65-57)62(43-23-13-7-14-24-43)64-47-26-15-8-16-27-47)60(53)61-52(49)36-51(42-21-11-6-12-22-42)58-54-33-44(41-19-9-5-10-20-41)29-31-55(54)66-63(58)61/h5-37,39,67H,38H2,1-4H3. The summed E-state index contributed by atoms with van der Waals surface area (Å²) in [6.45, 7) is 9.49. The Morgan fingerprint density at radius 2 is 1.15 bits per heavy atom. The van der Waals surface area contributed by atoms with Gasteiger partial charge in [0.15, 0.2) is 0 Å². The van der Waals surface area contributed by atoms with Crippen molar-refractivity contribution in [2.45, 2.75) is 38.9 Å². The molecule has 12 aromatic rings. The number of para-hydroxylation sites is 1. The maximum atomic E-state index is 7.32. The number of rotatable bonds is 9. The Balaban J connectivity index is 1.24. The number of hydrogen-bond donors (Lipinski definition) is 0. The second kappa shape index (κ2) is 16.6. The van der Waals surface area contributed by atoms with Gasteiger partial charge in [-0.3, -0.25) is 0 Å². The molecule has 0 N–H and O–H groups in total. The molecule has 0 radical (unpaired) electrons. The van der Waals surface area contributed by atoms with E-state index in [0.29, 0.717) is 0 Å². The molecule has 0 unspecified atom stereocenters. The third kappa shape index (κ3) is 7.16. The minimum absolute atomic E-state index is 0.229. The van der Waals surface area contributed by atoms with E-state index in [4.69, 9.17) is 13.8 Å². The topological polar surface area (TPSA) is 38.6 Å². The largest absolute Gasteiger partial charge is 0.456 e. The van der Waals surface area contributed by atoms with E-state index in [1.54, 1.807) is 0 Å². The summed E-state index contributed by atoms with van der Waals surface area (Å²) in [4.78, 5) is 5.24. The second-order valence-corrected chi connectivity index (χ2v) is 21.9. The van der Waals surface area contributed by atoms with Crippen molar-refractivity contribution in [1.82, 2.24) is 0 Å². The molecule has 0 spiro atoms. The highest BCUT2D eigenvalue weighted by atomic mass is 28.3. The lowest BCUT2D eigenvalue weighted by Crippen LogP contribution is -2.05. The highest BCUT2D eigenvalue weighted by molar-refractivity contribution is 6.55. The molecule has 0 aliphatic heterocycles. The third-order valence-corrected chi connectivity index (χ3v) is 14.7. The van der Waals surface area contributed by atoms with Gasteiger partial charge in [0.2, 0.25) is 0 Å². The fourth-order valence-corrected chi connectivity index (χ4v) is 11.6. The van der Waals surface area contributed by atoms with Gasteiger partial charge in [0.05, 0.1) is 11.4 Å². The monoisotopic (exact) mass is 879 g/mol. The molecule has 0 bridgehead atoms. The van der Waals surface area contributed by atoms with Gasteiger partial charge in [-0.2, -0.15) is 0 Å². The predicted octanol–water partition coefficient (Wildman–Crippen LogP) is 17.7. The van der Waals surface area contributed by atoms with E-state index in [1.807, 2.05) is 24.3 Å². The van der Waals surface area contributed by atoms with Gasteiger partial charge in [-0.15, -0.1) is 0 Å². The van der Waals surface area contributed by atoms with E-state index in [1.165, 1.54) is 38.6 Å². The van der Waals surface area contributed by atoms with Crippen LogP contribution < -0.4 is 0 Å². The molecular formula is C63H49NO2Si. The van der Waals surface area contributed by atoms with Crippen LogP contribution in [0.4, 0.5) is 5.69 Å². The number of furan rings is 2. The molecular weight excluding hydrogens is 831 g/mol. The van der Waals surface area contributed by atoms with Crippen LogP contribution in [-0.2, 0) is 6.04 Å². The molecule has 12 rings (SSSR count).